The summed E-state index contributed by atoms with van der Waals surface area (Å²) in [5.74, 6) is 0.0382. The Balaban J connectivity index is 2.37. The molecule has 3 nitrogen and oxygen atoms in total. The number of allylic oxidation sites excluding steroid dienone is 1. The molecule has 3 heteroatoms. The van der Waals surface area contributed by atoms with Crippen LogP contribution in [0.3, 0.4) is 0 Å². The lowest BCUT2D eigenvalue weighted by atomic mass is 10.1. The minimum atomic E-state index is 0.0382. The van der Waals surface area contributed by atoms with Gasteiger partial charge in [-0.05, 0) is 19.4 Å². The van der Waals surface area contributed by atoms with E-state index in [9.17, 15) is 4.79 Å². The molecule has 2 rings (SSSR count). The van der Waals surface area contributed by atoms with Crippen molar-refractivity contribution in [3.05, 3.63) is 41.5 Å². The van der Waals surface area contributed by atoms with Crippen LogP contribution < -0.4 is 0 Å². The second-order valence-electron chi connectivity index (χ2n) is 4.31. The molecule has 1 aromatic carbocycles. The first-order valence-electron chi connectivity index (χ1n) is 5.81. The van der Waals surface area contributed by atoms with E-state index in [1.165, 1.54) is 0 Å². The zero-order valence-corrected chi connectivity index (χ0v) is 10.3. The Hall–Kier alpha value is -1.61. The fraction of sp³-hybridized carbons (Fsp3) is 0.357. The first-order valence-corrected chi connectivity index (χ1v) is 5.81. The third-order valence-electron chi connectivity index (χ3n) is 2.78. The van der Waals surface area contributed by atoms with Gasteiger partial charge in [0.2, 0.25) is 0 Å². The first kappa shape index (κ1) is 11.9. The number of rotatable bonds is 2. The Kier molecular flexibility index (Phi) is 3.59. The van der Waals surface area contributed by atoms with Crippen molar-refractivity contribution in [3.63, 3.8) is 0 Å². The van der Waals surface area contributed by atoms with Gasteiger partial charge in [0, 0.05) is 12.2 Å². The molecule has 1 heterocycles. The van der Waals surface area contributed by atoms with Crippen molar-refractivity contribution in [1.82, 2.24) is 4.90 Å². The van der Waals surface area contributed by atoms with Gasteiger partial charge >= 0.3 is 0 Å². The van der Waals surface area contributed by atoms with Gasteiger partial charge in [-0.2, -0.15) is 0 Å². The Bertz CT molecular complexity index is 433. The molecule has 1 amide bonds. The van der Waals surface area contributed by atoms with E-state index in [0.29, 0.717) is 13.2 Å². The average Bonchev–Trinajstić information content (AvgIpc) is 2.33. The van der Waals surface area contributed by atoms with Crippen LogP contribution in [0.2, 0.25) is 0 Å². The van der Waals surface area contributed by atoms with E-state index in [2.05, 4.69) is 0 Å². The van der Waals surface area contributed by atoms with Crippen LogP contribution in [0, 0.1) is 0 Å². The summed E-state index contributed by atoms with van der Waals surface area (Å²) in [6.07, 6.45) is 0. The normalized spacial score (nSPS) is 15.9. The number of carbonyl (C=O) groups is 1. The SMILES string of the molecule is CC(C)=C(c1ccccc1)N1CCOCC1=O. The topological polar surface area (TPSA) is 29.5 Å². The molecule has 0 saturated carbocycles. The van der Waals surface area contributed by atoms with E-state index in [-0.39, 0.29) is 12.5 Å². The van der Waals surface area contributed by atoms with E-state index >= 15 is 0 Å². The standard InChI is InChI=1S/C14H17NO2/c1-11(2)14(12-6-4-3-5-7-12)15-8-9-17-10-13(15)16/h3-7H,8-10H2,1-2H3. The second kappa shape index (κ2) is 5.15. The number of amides is 1. The van der Waals surface area contributed by atoms with Crippen molar-refractivity contribution >= 4 is 11.6 Å². The Morgan fingerprint density at radius 2 is 1.94 bits per heavy atom. The maximum absolute atomic E-state index is 11.9. The minimum absolute atomic E-state index is 0.0382. The molecule has 0 unspecified atom stereocenters. The van der Waals surface area contributed by atoms with Gasteiger partial charge in [-0.15, -0.1) is 0 Å². The summed E-state index contributed by atoms with van der Waals surface area (Å²) in [5.41, 5.74) is 3.24. The van der Waals surface area contributed by atoms with Crippen molar-refractivity contribution < 1.29 is 9.53 Å². The molecule has 1 fully saturated rings. The molecule has 90 valence electrons. The van der Waals surface area contributed by atoms with Gasteiger partial charge in [-0.1, -0.05) is 35.9 Å². The fourth-order valence-electron chi connectivity index (χ4n) is 2.06. The van der Waals surface area contributed by atoms with Crippen molar-refractivity contribution in [3.8, 4) is 0 Å². The number of ether oxygens (including phenoxy) is 1. The van der Waals surface area contributed by atoms with Gasteiger partial charge in [0.25, 0.3) is 5.91 Å². The zero-order valence-electron chi connectivity index (χ0n) is 10.3. The zero-order chi connectivity index (χ0) is 12.3. The van der Waals surface area contributed by atoms with Gasteiger partial charge in [0.15, 0.2) is 0 Å². The minimum Gasteiger partial charge on any atom is -0.370 e. The molecule has 0 radical (unpaired) electrons. The van der Waals surface area contributed by atoms with Crippen LogP contribution in [0.4, 0.5) is 0 Å². The summed E-state index contributed by atoms with van der Waals surface area (Å²) < 4.78 is 5.16. The number of morpholine rings is 1. The van der Waals surface area contributed by atoms with Gasteiger partial charge in [-0.3, -0.25) is 4.79 Å². The summed E-state index contributed by atoms with van der Waals surface area (Å²) in [6.45, 7) is 5.49. The van der Waals surface area contributed by atoms with Crippen LogP contribution in [0.5, 0.6) is 0 Å². The van der Waals surface area contributed by atoms with Gasteiger partial charge in [0.1, 0.15) is 6.61 Å². The fourth-order valence-corrected chi connectivity index (χ4v) is 2.06. The molecule has 17 heavy (non-hydrogen) atoms. The highest BCUT2D eigenvalue weighted by Gasteiger charge is 2.23. The molecular weight excluding hydrogens is 214 g/mol. The molecule has 0 aromatic heterocycles. The summed E-state index contributed by atoms with van der Waals surface area (Å²) in [6, 6.07) is 10.0. The van der Waals surface area contributed by atoms with Gasteiger partial charge in [0.05, 0.1) is 6.61 Å². The van der Waals surface area contributed by atoms with Gasteiger partial charge in [-0.25, -0.2) is 0 Å². The predicted octanol–water partition coefficient (Wildman–Crippen LogP) is 2.30. The molecule has 0 spiro atoms. The van der Waals surface area contributed by atoms with Gasteiger partial charge < -0.3 is 9.64 Å². The van der Waals surface area contributed by atoms with E-state index in [4.69, 9.17) is 4.74 Å². The lowest BCUT2D eigenvalue weighted by molar-refractivity contribution is -0.138. The van der Waals surface area contributed by atoms with Crippen LogP contribution in [0.15, 0.2) is 35.9 Å². The molecule has 0 bridgehead atoms. The van der Waals surface area contributed by atoms with Crippen LogP contribution in [0.1, 0.15) is 19.4 Å². The summed E-state index contributed by atoms with van der Waals surface area (Å²) in [5, 5.41) is 0. The largest absolute Gasteiger partial charge is 0.370 e. The Labute approximate surface area is 102 Å². The molecule has 0 atom stereocenters. The molecule has 1 saturated heterocycles. The Morgan fingerprint density at radius 1 is 1.24 bits per heavy atom. The maximum atomic E-state index is 11.9. The van der Waals surface area contributed by atoms with Crippen LogP contribution in [-0.4, -0.2) is 30.6 Å². The predicted molar refractivity (Wildman–Crippen MR) is 67.2 cm³/mol. The monoisotopic (exact) mass is 231 g/mol. The molecule has 1 aromatic rings. The molecule has 1 aliphatic heterocycles. The highest BCUT2D eigenvalue weighted by atomic mass is 16.5. The van der Waals surface area contributed by atoms with Crippen LogP contribution >= 0.6 is 0 Å². The smallest absolute Gasteiger partial charge is 0.253 e. The van der Waals surface area contributed by atoms with E-state index < -0.39 is 0 Å². The molecule has 1 aliphatic rings. The number of benzene rings is 1. The lowest BCUT2D eigenvalue weighted by Crippen LogP contribution is -2.40. The molecular formula is C14H17NO2. The summed E-state index contributed by atoms with van der Waals surface area (Å²) >= 11 is 0. The quantitative estimate of drug-likeness (QED) is 0.781. The first-order chi connectivity index (χ1) is 8.20. The van der Waals surface area contributed by atoms with Crippen molar-refractivity contribution in [2.75, 3.05) is 19.8 Å². The number of carbonyl (C=O) groups excluding carboxylic acids is 1. The van der Waals surface area contributed by atoms with Crippen molar-refractivity contribution in [2.45, 2.75) is 13.8 Å². The highest BCUT2D eigenvalue weighted by molar-refractivity contribution is 5.88. The molecule has 0 aliphatic carbocycles. The number of nitrogens with zero attached hydrogens (tertiary/aromatic N) is 1. The van der Waals surface area contributed by atoms with E-state index in [1.807, 2.05) is 49.1 Å². The second-order valence-corrected chi connectivity index (χ2v) is 4.31. The third-order valence-corrected chi connectivity index (χ3v) is 2.78. The van der Waals surface area contributed by atoms with E-state index in [1.54, 1.807) is 0 Å². The van der Waals surface area contributed by atoms with Crippen LogP contribution in [0.25, 0.3) is 5.70 Å². The lowest BCUT2D eigenvalue weighted by Gasteiger charge is -2.30. The number of hydrogen-bond acceptors (Lipinski definition) is 2. The Morgan fingerprint density at radius 3 is 2.53 bits per heavy atom. The summed E-state index contributed by atoms with van der Waals surface area (Å²) in [7, 11) is 0. The highest BCUT2D eigenvalue weighted by Crippen LogP contribution is 2.24. The molecule has 0 N–H and O–H groups in total. The van der Waals surface area contributed by atoms with Crippen molar-refractivity contribution in [1.29, 1.82) is 0 Å². The third kappa shape index (κ3) is 2.56. The van der Waals surface area contributed by atoms with Crippen molar-refractivity contribution in [2.24, 2.45) is 0 Å². The average molecular weight is 231 g/mol. The van der Waals surface area contributed by atoms with E-state index in [0.717, 1.165) is 16.8 Å². The number of hydrogen-bond donors (Lipinski definition) is 0. The van der Waals surface area contributed by atoms with Crippen LogP contribution in [-0.2, 0) is 9.53 Å². The maximum Gasteiger partial charge on any atom is 0.253 e. The summed E-state index contributed by atoms with van der Waals surface area (Å²) in [4.78, 5) is 13.7.